The molecule has 0 fully saturated rings. The molecule has 2 aromatic rings. The topological polar surface area (TPSA) is 84.2 Å². The highest BCUT2D eigenvalue weighted by atomic mass is 79.9. The molecular formula is C14H14BrN3O3. The molecule has 110 valence electrons. The van der Waals surface area contributed by atoms with E-state index in [1.54, 1.807) is 23.0 Å². The van der Waals surface area contributed by atoms with Gasteiger partial charge in [-0.25, -0.2) is 9.78 Å². The van der Waals surface area contributed by atoms with Gasteiger partial charge in [0.1, 0.15) is 0 Å². The molecule has 0 radical (unpaired) electrons. The second-order valence-electron chi connectivity index (χ2n) is 4.40. The van der Waals surface area contributed by atoms with E-state index in [-0.39, 0.29) is 16.9 Å². The van der Waals surface area contributed by atoms with Crippen LogP contribution in [0, 0.1) is 0 Å². The third-order valence-corrected chi connectivity index (χ3v) is 3.50. The van der Waals surface area contributed by atoms with Gasteiger partial charge in [-0.3, -0.25) is 4.79 Å². The van der Waals surface area contributed by atoms with Crippen molar-refractivity contribution in [3.05, 3.63) is 51.0 Å². The van der Waals surface area contributed by atoms with E-state index in [2.05, 4.69) is 26.2 Å². The van der Waals surface area contributed by atoms with Crippen molar-refractivity contribution >= 4 is 33.4 Å². The Hall–Kier alpha value is -2.15. The summed E-state index contributed by atoms with van der Waals surface area (Å²) in [5.41, 5.74) is 0.532. The minimum atomic E-state index is -1.01. The number of anilines is 2. The third kappa shape index (κ3) is 3.49. The standard InChI is InChI=1S/C14H14BrN3O3/c1-2-6-18-7-5-16-12(13(18)19)17-11-4-3-9(14(20)21)8-10(11)15/h3-5,7-8H,2,6H2,1H3,(H,16,17)(H,20,21). The summed E-state index contributed by atoms with van der Waals surface area (Å²) in [6, 6.07) is 4.52. The molecule has 0 saturated carbocycles. The molecule has 0 unspecified atom stereocenters. The first-order valence-electron chi connectivity index (χ1n) is 6.38. The van der Waals surface area contributed by atoms with Crippen LogP contribution in [-0.2, 0) is 6.54 Å². The normalized spacial score (nSPS) is 10.4. The molecule has 0 bridgehead atoms. The maximum absolute atomic E-state index is 12.2. The number of carboxylic acids is 1. The SMILES string of the molecule is CCCn1ccnc(Nc2ccc(C(=O)O)cc2Br)c1=O. The lowest BCUT2D eigenvalue weighted by atomic mass is 10.2. The smallest absolute Gasteiger partial charge is 0.335 e. The fraction of sp³-hybridized carbons (Fsp3) is 0.214. The third-order valence-electron chi connectivity index (χ3n) is 2.85. The number of halogens is 1. The Morgan fingerprint density at radius 2 is 2.24 bits per heavy atom. The molecule has 0 aliphatic rings. The van der Waals surface area contributed by atoms with Gasteiger partial charge in [-0.1, -0.05) is 6.92 Å². The van der Waals surface area contributed by atoms with Crippen LogP contribution in [0.2, 0.25) is 0 Å². The maximum Gasteiger partial charge on any atom is 0.335 e. The Morgan fingerprint density at radius 3 is 2.86 bits per heavy atom. The van der Waals surface area contributed by atoms with E-state index in [9.17, 15) is 9.59 Å². The summed E-state index contributed by atoms with van der Waals surface area (Å²) in [4.78, 5) is 27.1. The minimum absolute atomic E-state index is 0.164. The molecule has 6 nitrogen and oxygen atoms in total. The lowest BCUT2D eigenvalue weighted by Crippen LogP contribution is -2.23. The number of carbonyl (C=O) groups is 1. The van der Waals surface area contributed by atoms with Gasteiger partial charge in [0.25, 0.3) is 5.56 Å². The van der Waals surface area contributed by atoms with E-state index in [0.717, 1.165) is 6.42 Å². The predicted octanol–water partition coefficient (Wildman–Crippen LogP) is 2.86. The Bertz CT molecular complexity index is 728. The Balaban J connectivity index is 2.32. The number of nitrogens with zero attached hydrogens (tertiary/aromatic N) is 2. The van der Waals surface area contributed by atoms with Gasteiger partial charge in [0.2, 0.25) is 0 Å². The zero-order valence-corrected chi connectivity index (χ0v) is 12.9. The quantitative estimate of drug-likeness (QED) is 0.865. The number of benzene rings is 1. The van der Waals surface area contributed by atoms with Gasteiger partial charge in [-0.15, -0.1) is 0 Å². The molecule has 0 saturated heterocycles. The monoisotopic (exact) mass is 351 g/mol. The van der Waals surface area contributed by atoms with Crippen LogP contribution in [-0.4, -0.2) is 20.6 Å². The van der Waals surface area contributed by atoms with Crippen molar-refractivity contribution in [1.29, 1.82) is 0 Å². The van der Waals surface area contributed by atoms with Gasteiger partial charge in [0, 0.05) is 23.4 Å². The van der Waals surface area contributed by atoms with Gasteiger partial charge in [-0.05, 0) is 40.5 Å². The Morgan fingerprint density at radius 1 is 1.48 bits per heavy atom. The summed E-state index contributed by atoms with van der Waals surface area (Å²) in [6.07, 6.45) is 4.04. The van der Waals surface area contributed by atoms with E-state index in [1.807, 2.05) is 6.92 Å². The molecule has 0 spiro atoms. The highest BCUT2D eigenvalue weighted by Crippen LogP contribution is 2.25. The van der Waals surface area contributed by atoms with Crippen LogP contribution in [0.5, 0.6) is 0 Å². The van der Waals surface area contributed by atoms with E-state index in [4.69, 9.17) is 5.11 Å². The molecule has 0 amide bonds. The van der Waals surface area contributed by atoms with Crippen LogP contribution in [0.25, 0.3) is 0 Å². The van der Waals surface area contributed by atoms with Crippen molar-refractivity contribution in [2.75, 3.05) is 5.32 Å². The van der Waals surface area contributed by atoms with Crippen molar-refractivity contribution in [3.8, 4) is 0 Å². The molecule has 1 heterocycles. The molecule has 1 aromatic heterocycles. The molecule has 1 aromatic carbocycles. The summed E-state index contributed by atoms with van der Waals surface area (Å²) < 4.78 is 2.13. The van der Waals surface area contributed by atoms with Crippen LogP contribution in [0.3, 0.4) is 0 Å². The molecule has 21 heavy (non-hydrogen) atoms. The van der Waals surface area contributed by atoms with Crippen molar-refractivity contribution in [1.82, 2.24) is 9.55 Å². The van der Waals surface area contributed by atoms with Gasteiger partial charge in [0.15, 0.2) is 5.82 Å². The number of hydrogen-bond acceptors (Lipinski definition) is 4. The summed E-state index contributed by atoms with van der Waals surface area (Å²) in [5, 5.41) is 11.8. The van der Waals surface area contributed by atoms with E-state index in [0.29, 0.717) is 16.7 Å². The summed E-state index contributed by atoms with van der Waals surface area (Å²) in [5.74, 6) is -0.805. The summed E-state index contributed by atoms with van der Waals surface area (Å²) in [6.45, 7) is 2.61. The van der Waals surface area contributed by atoms with Crippen LogP contribution < -0.4 is 10.9 Å². The summed E-state index contributed by atoms with van der Waals surface area (Å²) in [7, 11) is 0. The minimum Gasteiger partial charge on any atom is -0.478 e. The predicted molar refractivity (Wildman–Crippen MR) is 83.2 cm³/mol. The lowest BCUT2D eigenvalue weighted by Gasteiger charge is -2.10. The first-order chi connectivity index (χ1) is 10.0. The zero-order chi connectivity index (χ0) is 15.4. The van der Waals surface area contributed by atoms with E-state index >= 15 is 0 Å². The number of nitrogens with one attached hydrogen (secondary N) is 1. The van der Waals surface area contributed by atoms with Crippen LogP contribution in [0.4, 0.5) is 11.5 Å². The largest absolute Gasteiger partial charge is 0.478 e. The number of aryl methyl sites for hydroxylation is 1. The number of aromatic carboxylic acids is 1. The van der Waals surface area contributed by atoms with Crippen molar-refractivity contribution in [2.45, 2.75) is 19.9 Å². The van der Waals surface area contributed by atoms with E-state index in [1.165, 1.54) is 12.1 Å². The van der Waals surface area contributed by atoms with Crippen LogP contribution >= 0.6 is 15.9 Å². The van der Waals surface area contributed by atoms with Crippen LogP contribution in [0.1, 0.15) is 23.7 Å². The number of aromatic nitrogens is 2. The molecule has 0 atom stereocenters. The van der Waals surface area contributed by atoms with Gasteiger partial charge in [0.05, 0.1) is 11.3 Å². The first-order valence-corrected chi connectivity index (χ1v) is 7.17. The molecule has 0 aliphatic carbocycles. The van der Waals surface area contributed by atoms with Crippen LogP contribution in [0.15, 0.2) is 39.9 Å². The molecule has 2 rings (SSSR count). The summed E-state index contributed by atoms with van der Waals surface area (Å²) >= 11 is 3.28. The highest BCUT2D eigenvalue weighted by molar-refractivity contribution is 9.10. The van der Waals surface area contributed by atoms with E-state index < -0.39 is 5.97 Å². The first kappa shape index (κ1) is 15.2. The Labute approximate surface area is 129 Å². The molecule has 2 N–H and O–H groups in total. The lowest BCUT2D eigenvalue weighted by molar-refractivity contribution is 0.0697. The highest BCUT2D eigenvalue weighted by Gasteiger charge is 2.10. The maximum atomic E-state index is 12.2. The Kier molecular flexibility index (Phi) is 4.74. The van der Waals surface area contributed by atoms with Gasteiger partial charge in [-0.2, -0.15) is 0 Å². The second kappa shape index (κ2) is 6.53. The molecule has 7 heteroatoms. The number of carboxylic acid groups (broad SMARTS) is 1. The van der Waals surface area contributed by atoms with Gasteiger partial charge >= 0.3 is 5.97 Å². The number of rotatable bonds is 5. The van der Waals surface area contributed by atoms with Crippen molar-refractivity contribution in [3.63, 3.8) is 0 Å². The number of hydrogen-bond donors (Lipinski definition) is 2. The average molecular weight is 352 g/mol. The van der Waals surface area contributed by atoms with Crippen molar-refractivity contribution in [2.24, 2.45) is 0 Å². The fourth-order valence-corrected chi connectivity index (χ4v) is 2.30. The zero-order valence-electron chi connectivity index (χ0n) is 11.3. The van der Waals surface area contributed by atoms with Crippen molar-refractivity contribution < 1.29 is 9.90 Å². The second-order valence-corrected chi connectivity index (χ2v) is 5.25. The average Bonchev–Trinajstić information content (AvgIpc) is 2.45. The molecular weight excluding hydrogens is 338 g/mol. The molecule has 0 aliphatic heterocycles. The fourth-order valence-electron chi connectivity index (χ4n) is 1.83. The van der Waals surface area contributed by atoms with Gasteiger partial charge < -0.3 is 15.0 Å².